The molecule has 0 saturated carbocycles. The SMILES string of the molecule is O=Cc1cnn(-c2c(Cl)cc(OC(F)(F)F)cc2Cl)n1. The van der Waals surface area contributed by atoms with Gasteiger partial charge in [-0.3, -0.25) is 4.79 Å². The molecular formula is C10H4Cl2F3N3O2. The number of ether oxygens (including phenoxy) is 1. The minimum Gasteiger partial charge on any atom is -0.406 e. The van der Waals surface area contributed by atoms with Gasteiger partial charge >= 0.3 is 6.36 Å². The molecule has 0 fully saturated rings. The lowest BCUT2D eigenvalue weighted by atomic mass is 10.3. The summed E-state index contributed by atoms with van der Waals surface area (Å²) in [6, 6.07) is 1.83. The molecule has 0 bridgehead atoms. The van der Waals surface area contributed by atoms with Crippen molar-refractivity contribution in [1.82, 2.24) is 15.0 Å². The Hall–Kier alpha value is -1.80. The third-order valence-corrected chi connectivity index (χ3v) is 2.63. The second-order valence-electron chi connectivity index (χ2n) is 3.46. The number of carbonyl (C=O) groups excluding carboxylic acids is 1. The summed E-state index contributed by atoms with van der Waals surface area (Å²) in [5, 5.41) is 7.13. The van der Waals surface area contributed by atoms with Crippen LogP contribution < -0.4 is 4.74 Å². The lowest BCUT2D eigenvalue weighted by Crippen LogP contribution is -2.17. The van der Waals surface area contributed by atoms with Gasteiger partial charge in [0.15, 0.2) is 6.29 Å². The van der Waals surface area contributed by atoms with Crippen LogP contribution >= 0.6 is 23.2 Å². The number of rotatable bonds is 3. The van der Waals surface area contributed by atoms with Crippen molar-refractivity contribution in [2.24, 2.45) is 0 Å². The normalized spacial score (nSPS) is 11.4. The van der Waals surface area contributed by atoms with Crippen LogP contribution in [0, 0.1) is 0 Å². The summed E-state index contributed by atoms with van der Waals surface area (Å²) >= 11 is 11.7. The molecule has 0 amide bonds. The topological polar surface area (TPSA) is 57.0 Å². The number of benzene rings is 1. The highest BCUT2D eigenvalue weighted by Crippen LogP contribution is 2.34. The maximum atomic E-state index is 12.1. The average molecular weight is 326 g/mol. The third kappa shape index (κ3) is 3.20. The van der Waals surface area contributed by atoms with E-state index in [0.717, 1.165) is 23.1 Å². The van der Waals surface area contributed by atoms with E-state index in [0.29, 0.717) is 6.29 Å². The first-order valence-corrected chi connectivity index (χ1v) is 5.68. The smallest absolute Gasteiger partial charge is 0.406 e. The quantitative estimate of drug-likeness (QED) is 0.812. The van der Waals surface area contributed by atoms with Gasteiger partial charge in [0.05, 0.1) is 16.2 Å². The van der Waals surface area contributed by atoms with Crippen molar-refractivity contribution >= 4 is 29.5 Å². The standard InChI is InChI=1S/C10H4Cl2F3N3O2/c11-7-1-6(20-10(13,14)15)2-8(12)9(7)18-16-3-5(4-19)17-18/h1-4H. The van der Waals surface area contributed by atoms with Gasteiger partial charge in [0.25, 0.3) is 0 Å². The minimum absolute atomic E-state index is 0.0211. The highest BCUT2D eigenvalue weighted by atomic mass is 35.5. The Labute approximate surface area is 119 Å². The Bertz CT molecular complexity index is 634. The largest absolute Gasteiger partial charge is 0.573 e. The molecule has 0 saturated heterocycles. The summed E-state index contributed by atoms with van der Waals surface area (Å²) < 4.78 is 40.0. The second-order valence-corrected chi connectivity index (χ2v) is 4.27. The molecule has 1 aromatic heterocycles. The zero-order valence-corrected chi connectivity index (χ0v) is 10.9. The van der Waals surface area contributed by atoms with Crippen LogP contribution in [-0.4, -0.2) is 27.6 Å². The van der Waals surface area contributed by atoms with Gasteiger partial charge in [-0.05, 0) is 0 Å². The maximum absolute atomic E-state index is 12.1. The average Bonchev–Trinajstić information content (AvgIpc) is 2.74. The third-order valence-electron chi connectivity index (χ3n) is 2.05. The molecule has 2 rings (SSSR count). The molecule has 5 nitrogen and oxygen atoms in total. The van der Waals surface area contributed by atoms with Crippen LogP contribution in [0.15, 0.2) is 18.3 Å². The van der Waals surface area contributed by atoms with Crippen molar-refractivity contribution in [2.45, 2.75) is 6.36 Å². The molecule has 0 unspecified atom stereocenters. The lowest BCUT2D eigenvalue weighted by molar-refractivity contribution is -0.274. The van der Waals surface area contributed by atoms with E-state index in [1.807, 2.05) is 0 Å². The first-order valence-electron chi connectivity index (χ1n) is 4.93. The Morgan fingerprint density at radius 1 is 1.25 bits per heavy atom. The molecule has 0 atom stereocenters. The molecule has 1 heterocycles. The monoisotopic (exact) mass is 325 g/mol. The summed E-state index contributed by atoms with van der Waals surface area (Å²) in [6.45, 7) is 0. The van der Waals surface area contributed by atoms with Gasteiger partial charge < -0.3 is 4.74 Å². The second kappa shape index (κ2) is 5.29. The molecule has 2 aromatic rings. The van der Waals surface area contributed by atoms with Gasteiger partial charge in [0.2, 0.25) is 0 Å². The number of nitrogens with zero attached hydrogens (tertiary/aromatic N) is 3. The number of halogens is 5. The van der Waals surface area contributed by atoms with E-state index in [9.17, 15) is 18.0 Å². The molecule has 20 heavy (non-hydrogen) atoms. The fraction of sp³-hybridized carbons (Fsp3) is 0.100. The van der Waals surface area contributed by atoms with E-state index < -0.39 is 12.1 Å². The number of alkyl halides is 3. The summed E-state index contributed by atoms with van der Waals surface area (Å²) in [4.78, 5) is 11.4. The highest BCUT2D eigenvalue weighted by molar-refractivity contribution is 6.38. The molecular weight excluding hydrogens is 322 g/mol. The summed E-state index contributed by atoms with van der Waals surface area (Å²) in [5.74, 6) is -0.570. The molecule has 0 aliphatic heterocycles. The molecule has 0 spiro atoms. The van der Waals surface area contributed by atoms with Crippen molar-refractivity contribution in [2.75, 3.05) is 0 Å². The van der Waals surface area contributed by atoms with E-state index in [2.05, 4.69) is 14.9 Å². The van der Waals surface area contributed by atoms with Crippen LogP contribution in [0.3, 0.4) is 0 Å². The van der Waals surface area contributed by atoms with Crippen LogP contribution in [0.4, 0.5) is 13.2 Å². The van der Waals surface area contributed by atoms with Crippen LogP contribution in [0.5, 0.6) is 5.75 Å². The van der Waals surface area contributed by atoms with E-state index in [1.54, 1.807) is 0 Å². The van der Waals surface area contributed by atoms with Gasteiger partial charge in [0.1, 0.15) is 17.1 Å². The van der Waals surface area contributed by atoms with Crippen molar-refractivity contribution in [3.63, 3.8) is 0 Å². The molecule has 1 aromatic carbocycles. The first-order chi connectivity index (χ1) is 9.30. The minimum atomic E-state index is -4.86. The van der Waals surface area contributed by atoms with Gasteiger partial charge in [-0.25, -0.2) is 0 Å². The zero-order chi connectivity index (χ0) is 14.9. The highest BCUT2D eigenvalue weighted by Gasteiger charge is 2.31. The molecule has 10 heteroatoms. The van der Waals surface area contributed by atoms with E-state index in [1.165, 1.54) is 0 Å². The molecule has 0 aliphatic carbocycles. The van der Waals surface area contributed by atoms with Crippen LogP contribution in [-0.2, 0) is 0 Å². The number of aldehydes is 1. The molecule has 106 valence electrons. The first kappa shape index (κ1) is 14.6. The Balaban J connectivity index is 2.43. The summed E-state index contributed by atoms with van der Waals surface area (Å²) in [6.07, 6.45) is -3.25. The van der Waals surface area contributed by atoms with E-state index >= 15 is 0 Å². The van der Waals surface area contributed by atoms with Crippen LogP contribution in [0.2, 0.25) is 10.0 Å². The summed E-state index contributed by atoms with van der Waals surface area (Å²) in [7, 11) is 0. The van der Waals surface area contributed by atoms with Gasteiger partial charge in [0, 0.05) is 12.1 Å². The van der Waals surface area contributed by atoms with E-state index in [4.69, 9.17) is 23.2 Å². The number of carbonyl (C=O) groups is 1. The Kier molecular flexibility index (Phi) is 3.87. The van der Waals surface area contributed by atoms with Crippen LogP contribution in [0.1, 0.15) is 10.5 Å². The summed E-state index contributed by atoms with van der Waals surface area (Å²) in [5.41, 5.74) is 0.0590. The van der Waals surface area contributed by atoms with Crippen molar-refractivity contribution in [3.8, 4) is 11.4 Å². The predicted octanol–water partition coefficient (Wildman–Crippen LogP) is 3.29. The lowest BCUT2D eigenvalue weighted by Gasteiger charge is -2.11. The fourth-order valence-corrected chi connectivity index (χ4v) is 1.98. The van der Waals surface area contributed by atoms with Crippen molar-refractivity contribution in [3.05, 3.63) is 34.1 Å². The number of hydrogen-bond donors (Lipinski definition) is 0. The molecule has 0 radical (unpaired) electrons. The van der Waals surface area contributed by atoms with Gasteiger partial charge in [-0.2, -0.15) is 5.10 Å². The van der Waals surface area contributed by atoms with E-state index in [-0.39, 0.29) is 21.4 Å². The fourth-order valence-electron chi connectivity index (χ4n) is 1.36. The number of aromatic nitrogens is 3. The predicted molar refractivity (Wildman–Crippen MR) is 63.4 cm³/mol. The Morgan fingerprint density at radius 2 is 1.85 bits per heavy atom. The number of hydrogen-bond acceptors (Lipinski definition) is 4. The Morgan fingerprint density at radius 3 is 2.30 bits per heavy atom. The molecule has 0 N–H and O–H groups in total. The zero-order valence-electron chi connectivity index (χ0n) is 9.36. The van der Waals surface area contributed by atoms with Crippen molar-refractivity contribution in [1.29, 1.82) is 0 Å². The molecule has 0 aliphatic rings. The van der Waals surface area contributed by atoms with Gasteiger partial charge in [-0.1, -0.05) is 23.2 Å². The van der Waals surface area contributed by atoms with Gasteiger partial charge in [-0.15, -0.1) is 23.1 Å². The van der Waals surface area contributed by atoms with Crippen LogP contribution in [0.25, 0.3) is 5.69 Å². The maximum Gasteiger partial charge on any atom is 0.573 e. The van der Waals surface area contributed by atoms with Crippen molar-refractivity contribution < 1.29 is 22.7 Å².